The van der Waals surface area contributed by atoms with E-state index in [1.54, 1.807) is 17.0 Å². The van der Waals surface area contributed by atoms with Crippen LogP contribution in [0.25, 0.3) is 10.9 Å². The highest BCUT2D eigenvalue weighted by Gasteiger charge is 2.28. The summed E-state index contributed by atoms with van der Waals surface area (Å²) in [6, 6.07) is 13.8. The van der Waals surface area contributed by atoms with E-state index in [-0.39, 0.29) is 23.5 Å². The summed E-state index contributed by atoms with van der Waals surface area (Å²) in [5, 5.41) is 3.97. The van der Waals surface area contributed by atoms with E-state index < -0.39 is 0 Å². The maximum absolute atomic E-state index is 13.0. The molecule has 0 aliphatic carbocycles. The molecule has 1 saturated heterocycles. The third-order valence-corrected chi connectivity index (χ3v) is 5.54. The molecular formula is C23H24FN3O2. The van der Waals surface area contributed by atoms with Crippen LogP contribution in [0.3, 0.4) is 0 Å². The predicted octanol–water partition coefficient (Wildman–Crippen LogP) is 4.12. The van der Waals surface area contributed by atoms with Crippen molar-refractivity contribution in [3.8, 4) is 0 Å². The number of aromatic nitrogens is 1. The van der Waals surface area contributed by atoms with Crippen molar-refractivity contribution in [3.63, 3.8) is 0 Å². The third kappa shape index (κ3) is 4.47. The molecule has 0 spiro atoms. The standard InChI is InChI=1S/C23H24FN3O2/c24-18-8-10-19(11-9-18)26-23(29)17-4-3-13-27(15-17)22(28)12-7-16-14-25-21-6-2-1-5-20(16)21/h1-2,5-6,8-11,14,17,25H,3-4,7,12-13,15H2,(H,26,29)/t17-/m0/s1. The van der Waals surface area contributed by atoms with Gasteiger partial charge < -0.3 is 15.2 Å². The molecule has 150 valence electrons. The number of aromatic amines is 1. The lowest BCUT2D eigenvalue weighted by molar-refractivity contribution is -0.134. The van der Waals surface area contributed by atoms with Gasteiger partial charge in [0.05, 0.1) is 5.92 Å². The number of hydrogen-bond donors (Lipinski definition) is 2. The SMILES string of the molecule is O=C(Nc1ccc(F)cc1)[C@H]1CCCN(C(=O)CCc2c[nH]c3ccccc23)C1. The lowest BCUT2D eigenvalue weighted by Crippen LogP contribution is -2.43. The largest absolute Gasteiger partial charge is 0.361 e. The number of likely N-dealkylation sites (tertiary alicyclic amines) is 1. The molecule has 1 fully saturated rings. The lowest BCUT2D eigenvalue weighted by Gasteiger charge is -2.32. The highest BCUT2D eigenvalue weighted by Crippen LogP contribution is 2.22. The van der Waals surface area contributed by atoms with Gasteiger partial charge in [0.1, 0.15) is 5.82 Å². The van der Waals surface area contributed by atoms with Gasteiger partial charge in [-0.2, -0.15) is 0 Å². The van der Waals surface area contributed by atoms with Crippen LogP contribution in [0.5, 0.6) is 0 Å². The first kappa shape index (κ1) is 19.2. The van der Waals surface area contributed by atoms with E-state index in [9.17, 15) is 14.0 Å². The number of nitrogens with one attached hydrogen (secondary N) is 2. The number of halogens is 1. The number of carbonyl (C=O) groups is 2. The molecule has 5 nitrogen and oxygen atoms in total. The molecule has 2 N–H and O–H groups in total. The minimum atomic E-state index is -0.340. The fraction of sp³-hybridized carbons (Fsp3) is 0.304. The van der Waals surface area contributed by atoms with Gasteiger partial charge in [0.2, 0.25) is 11.8 Å². The summed E-state index contributed by atoms with van der Waals surface area (Å²) in [4.78, 5) is 30.3. The van der Waals surface area contributed by atoms with E-state index in [1.165, 1.54) is 12.1 Å². The summed E-state index contributed by atoms with van der Waals surface area (Å²) in [6.07, 6.45) is 4.62. The Bertz CT molecular complexity index is 1010. The van der Waals surface area contributed by atoms with Crippen LogP contribution in [0.4, 0.5) is 10.1 Å². The first-order valence-electron chi connectivity index (χ1n) is 9.99. The van der Waals surface area contributed by atoms with Crippen molar-refractivity contribution in [1.82, 2.24) is 9.88 Å². The summed E-state index contributed by atoms with van der Waals surface area (Å²) in [5.74, 6) is -0.626. The fourth-order valence-electron chi connectivity index (χ4n) is 3.93. The number of piperidine rings is 1. The van der Waals surface area contributed by atoms with E-state index in [2.05, 4.69) is 16.4 Å². The molecule has 6 heteroatoms. The van der Waals surface area contributed by atoms with E-state index in [4.69, 9.17) is 0 Å². The summed E-state index contributed by atoms with van der Waals surface area (Å²) < 4.78 is 13.0. The maximum Gasteiger partial charge on any atom is 0.229 e. The van der Waals surface area contributed by atoms with Gasteiger partial charge in [-0.3, -0.25) is 9.59 Å². The van der Waals surface area contributed by atoms with Gasteiger partial charge in [-0.25, -0.2) is 4.39 Å². The van der Waals surface area contributed by atoms with Gasteiger partial charge in [-0.1, -0.05) is 18.2 Å². The Morgan fingerprint density at radius 3 is 2.76 bits per heavy atom. The molecule has 1 aromatic heterocycles. The molecule has 4 rings (SSSR count). The fourth-order valence-corrected chi connectivity index (χ4v) is 3.93. The number of anilines is 1. The monoisotopic (exact) mass is 393 g/mol. The molecule has 2 aromatic carbocycles. The summed E-state index contributed by atoms with van der Waals surface area (Å²) >= 11 is 0. The van der Waals surface area contributed by atoms with Crippen LogP contribution in [-0.4, -0.2) is 34.8 Å². The number of fused-ring (bicyclic) bond motifs is 1. The Morgan fingerprint density at radius 1 is 1.14 bits per heavy atom. The highest BCUT2D eigenvalue weighted by atomic mass is 19.1. The number of nitrogens with zero attached hydrogens (tertiary/aromatic N) is 1. The molecule has 29 heavy (non-hydrogen) atoms. The zero-order valence-corrected chi connectivity index (χ0v) is 16.2. The van der Waals surface area contributed by atoms with Gasteiger partial charge in [0.15, 0.2) is 0 Å². The second-order valence-corrected chi connectivity index (χ2v) is 7.53. The Morgan fingerprint density at radius 2 is 1.93 bits per heavy atom. The van der Waals surface area contributed by atoms with Crippen molar-refractivity contribution in [3.05, 3.63) is 66.1 Å². The summed E-state index contributed by atoms with van der Waals surface area (Å²) in [7, 11) is 0. The maximum atomic E-state index is 13.0. The molecule has 1 aliphatic heterocycles. The number of carbonyl (C=O) groups excluding carboxylic acids is 2. The number of benzene rings is 2. The average Bonchev–Trinajstić information content (AvgIpc) is 3.17. The van der Waals surface area contributed by atoms with Gasteiger partial charge in [-0.15, -0.1) is 0 Å². The van der Waals surface area contributed by atoms with Crippen LogP contribution in [-0.2, 0) is 16.0 Å². The molecule has 0 bridgehead atoms. The smallest absolute Gasteiger partial charge is 0.229 e. The van der Waals surface area contributed by atoms with Gasteiger partial charge in [0.25, 0.3) is 0 Å². The number of para-hydroxylation sites is 1. The molecule has 0 radical (unpaired) electrons. The topological polar surface area (TPSA) is 65.2 Å². The first-order valence-corrected chi connectivity index (χ1v) is 9.99. The van der Waals surface area contributed by atoms with Crippen LogP contribution in [0.15, 0.2) is 54.7 Å². The van der Waals surface area contributed by atoms with E-state index in [0.29, 0.717) is 31.6 Å². The molecule has 0 saturated carbocycles. The lowest BCUT2D eigenvalue weighted by atomic mass is 9.96. The Balaban J connectivity index is 1.33. The number of H-pyrrole nitrogens is 1. The second-order valence-electron chi connectivity index (χ2n) is 7.53. The number of amides is 2. The van der Waals surface area contributed by atoms with Crippen LogP contribution in [0, 0.1) is 11.7 Å². The Labute approximate surface area is 168 Å². The number of aryl methyl sites for hydroxylation is 1. The molecule has 2 amide bonds. The molecule has 0 unspecified atom stereocenters. The number of hydrogen-bond acceptors (Lipinski definition) is 2. The van der Waals surface area contributed by atoms with Gasteiger partial charge >= 0.3 is 0 Å². The van der Waals surface area contributed by atoms with Crippen molar-refractivity contribution in [2.75, 3.05) is 18.4 Å². The highest BCUT2D eigenvalue weighted by molar-refractivity contribution is 5.93. The first-order chi connectivity index (χ1) is 14.1. The van der Waals surface area contributed by atoms with Crippen LogP contribution >= 0.6 is 0 Å². The van der Waals surface area contributed by atoms with Crippen molar-refractivity contribution in [2.24, 2.45) is 5.92 Å². The molecule has 1 aliphatic rings. The van der Waals surface area contributed by atoms with Crippen LogP contribution in [0.1, 0.15) is 24.8 Å². The number of rotatable bonds is 5. The van der Waals surface area contributed by atoms with Crippen molar-refractivity contribution in [1.29, 1.82) is 0 Å². The summed E-state index contributed by atoms with van der Waals surface area (Å²) in [5.41, 5.74) is 2.78. The normalized spacial score (nSPS) is 16.7. The second kappa shape index (κ2) is 8.47. The van der Waals surface area contributed by atoms with Gasteiger partial charge in [-0.05, 0) is 55.2 Å². The van der Waals surface area contributed by atoms with Crippen LogP contribution < -0.4 is 5.32 Å². The molecule has 2 heterocycles. The molecular weight excluding hydrogens is 369 g/mol. The zero-order chi connectivity index (χ0) is 20.2. The minimum Gasteiger partial charge on any atom is -0.361 e. The van der Waals surface area contributed by atoms with Gasteiger partial charge in [0, 0.05) is 42.3 Å². The third-order valence-electron chi connectivity index (χ3n) is 5.54. The van der Waals surface area contributed by atoms with E-state index in [1.807, 2.05) is 24.4 Å². The van der Waals surface area contributed by atoms with Crippen molar-refractivity contribution >= 4 is 28.4 Å². The van der Waals surface area contributed by atoms with Crippen molar-refractivity contribution < 1.29 is 14.0 Å². The predicted molar refractivity (Wildman–Crippen MR) is 111 cm³/mol. The quantitative estimate of drug-likeness (QED) is 0.685. The Kier molecular flexibility index (Phi) is 5.60. The zero-order valence-electron chi connectivity index (χ0n) is 16.2. The minimum absolute atomic E-state index is 0.0783. The van der Waals surface area contributed by atoms with E-state index in [0.717, 1.165) is 29.3 Å². The molecule has 3 aromatic rings. The van der Waals surface area contributed by atoms with Crippen molar-refractivity contribution in [2.45, 2.75) is 25.7 Å². The average molecular weight is 393 g/mol. The molecule has 1 atom stereocenters. The summed E-state index contributed by atoms with van der Waals surface area (Å²) in [6.45, 7) is 1.12. The Hall–Kier alpha value is -3.15. The van der Waals surface area contributed by atoms with E-state index >= 15 is 0 Å². The van der Waals surface area contributed by atoms with Crippen LogP contribution in [0.2, 0.25) is 0 Å².